The number of nitrogens with zero attached hydrogens (tertiary/aromatic N) is 2. The highest BCUT2D eigenvalue weighted by atomic mass is 35.5. The van der Waals surface area contributed by atoms with E-state index in [0.717, 1.165) is 16.9 Å². The zero-order valence-corrected chi connectivity index (χ0v) is 20.4. The monoisotopic (exact) mass is 499 g/mol. The number of halogens is 2. The van der Waals surface area contributed by atoms with Crippen molar-refractivity contribution >= 4 is 17.7 Å². The number of hydrogen-bond acceptors (Lipinski definition) is 5. The Kier molecular flexibility index (Phi) is 7.12. The predicted molar refractivity (Wildman–Crippen MR) is 130 cm³/mol. The molecule has 0 saturated heterocycles. The Balaban J connectivity index is 1.38. The molecule has 1 saturated carbocycles. The summed E-state index contributed by atoms with van der Waals surface area (Å²) in [7, 11) is 0. The maximum atomic E-state index is 14.2. The number of nitrogens with one attached hydrogen (secondary N) is 1. The lowest BCUT2D eigenvalue weighted by Gasteiger charge is -2.35. The van der Waals surface area contributed by atoms with E-state index in [-0.39, 0.29) is 28.4 Å². The van der Waals surface area contributed by atoms with Crippen LogP contribution in [0.5, 0.6) is 11.5 Å². The van der Waals surface area contributed by atoms with Crippen molar-refractivity contribution in [3.8, 4) is 11.5 Å². The zero-order valence-electron chi connectivity index (χ0n) is 19.7. The first kappa shape index (κ1) is 24.7. The Labute approximate surface area is 208 Å². The van der Waals surface area contributed by atoms with Crippen LogP contribution in [-0.2, 0) is 5.41 Å². The normalized spacial score (nSPS) is 18.3. The van der Waals surface area contributed by atoms with Gasteiger partial charge in [-0.25, -0.2) is 19.2 Å². The van der Waals surface area contributed by atoms with Crippen molar-refractivity contribution in [2.24, 2.45) is 0 Å². The zero-order chi connectivity index (χ0) is 25.2. The summed E-state index contributed by atoms with van der Waals surface area (Å²) < 4.78 is 26.0. The van der Waals surface area contributed by atoms with Crippen molar-refractivity contribution in [2.45, 2.75) is 57.3 Å². The molecule has 1 amide bonds. The summed E-state index contributed by atoms with van der Waals surface area (Å²) in [5.41, 5.74) is 2.03. The van der Waals surface area contributed by atoms with Crippen molar-refractivity contribution in [2.75, 3.05) is 0 Å². The van der Waals surface area contributed by atoms with Crippen LogP contribution in [0.4, 0.5) is 9.18 Å². The molecule has 7 nitrogen and oxygen atoms in total. The van der Waals surface area contributed by atoms with E-state index < -0.39 is 18.0 Å². The van der Waals surface area contributed by atoms with E-state index in [4.69, 9.17) is 26.2 Å². The van der Waals surface area contributed by atoms with Gasteiger partial charge in [0, 0.05) is 24.3 Å². The van der Waals surface area contributed by atoms with Gasteiger partial charge in [-0.2, -0.15) is 0 Å². The van der Waals surface area contributed by atoms with Crippen molar-refractivity contribution in [3.05, 3.63) is 82.6 Å². The Morgan fingerprint density at radius 2 is 1.66 bits per heavy atom. The number of carboxylic acid groups (broad SMARTS) is 1. The fourth-order valence-electron chi connectivity index (χ4n) is 4.12. The van der Waals surface area contributed by atoms with Crippen molar-refractivity contribution in [3.63, 3.8) is 0 Å². The van der Waals surface area contributed by atoms with Gasteiger partial charge in [-0.05, 0) is 42.3 Å². The number of amides is 1. The number of carbonyl (C=O) groups is 1. The second kappa shape index (κ2) is 10.1. The molecule has 1 aromatic heterocycles. The molecule has 0 bridgehead atoms. The van der Waals surface area contributed by atoms with Crippen LogP contribution in [-0.4, -0.2) is 33.3 Å². The third kappa shape index (κ3) is 5.65. The Morgan fingerprint density at radius 3 is 2.23 bits per heavy atom. The second-order valence-electron chi connectivity index (χ2n) is 9.16. The van der Waals surface area contributed by atoms with Crippen LogP contribution >= 0.6 is 11.6 Å². The summed E-state index contributed by atoms with van der Waals surface area (Å²) in [4.78, 5) is 18.3. The summed E-state index contributed by atoms with van der Waals surface area (Å²) in [6, 6.07) is 15.6. The first-order chi connectivity index (χ1) is 16.6. The molecule has 1 aliphatic rings. The van der Waals surface area contributed by atoms with E-state index >= 15 is 0 Å². The van der Waals surface area contributed by atoms with Crippen LogP contribution in [0.25, 0.3) is 0 Å². The van der Waals surface area contributed by atoms with Crippen LogP contribution in [0.3, 0.4) is 0 Å². The molecule has 0 spiro atoms. The maximum absolute atomic E-state index is 14.2. The summed E-state index contributed by atoms with van der Waals surface area (Å²) in [6.07, 6.45) is 0.939. The van der Waals surface area contributed by atoms with Crippen LogP contribution < -0.4 is 14.8 Å². The molecule has 0 radical (unpaired) electrons. The van der Waals surface area contributed by atoms with E-state index in [1.54, 1.807) is 6.92 Å². The number of benzene rings is 2. The summed E-state index contributed by atoms with van der Waals surface area (Å²) in [6.45, 7) is 5.97. The van der Waals surface area contributed by atoms with Gasteiger partial charge in [-0.1, -0.05) is 49.7 Å². The lowest BCUT2D eigenvalue weighted by molar-refractivity contribution is 0.0833. The average Bonchev–Trinajstić information content (AvgIpc) is 2.80. The molecular formula is C26H27ClFN3O4. The van der Waals surface area contributed by atoms with Crippen molar-refractivity contribution < 1.29 is 23.8 Å². The number of aromatic nitrogens is 2. The molecule has 1 unspecified atom stereocenters. The quantitative estimate of drug-likeness (QED) is 0.374. The highest BCUT2D eigenvalue weighted by Gasteiger charge is 2.32. The Bertz CT molecular complexity index is 1180. The van der Waals surface area contributed by atoms with Gasteiger partial charge in [0.2, 0.25) is 0 Å². The molecule has 2 aromatic carbocycles. The van der Waals surface area contributed by atoms with E-state index in [1.807, 2.05) is 48.5 Å². The molecule has 2 N–H and O–H groups in total. The minimum atomic E-state index is -1.00. The minimum Gasteiger partial charge on any atom is -0.490 e. The number of hydrogen-bond donors (Lipinski definition) is 2. The van der Waals surface area contributed by atoms with Gasteiger partial charge < -0.3 is 19.9 Å². The largest absolute Gasteiger partial charge is 0.490 e. The van der Waals surface area contributed by atoms with Gasteiger partial charge in [0.25, 0.3) is 0 Å². The van der Waals surface area contributed by atoms with Gasteiger partial charge in [0.1, 0.15) is 35.7 Å². The summed E-state index contributed by atoms with van der Waals surface area (Å²) in [5, 5.41) is 11.0. The van der Waals surface area contributed by atoms with Crippen LogP contribution in [0.1, 0.15) is 56.5 Å². The SMILES string of the molecule is CC(Oc1ccc(C(C)(C)c2ccc(O[C@H]3C[C@H](NC(=O)O)C3)cc2)cc1)c1ncnc(Cl)c1F. The van der Waals surface area contributed by atoms with E-state index in [1.165, 1.54) is 6.33 Å². The lowest BCUT2D eigenvalue weighted by atomic mass is 9.78. The van der Waals surface area contributed by atoms with Crippen LogP contribution in [0, 0.1) is 5.82 Å². The van der Waals surface area contributed by atoms with Crippen LogP contribution in [0.15, 0.2) is 54.9 Å². The first-order valence-electron chi connectivity index (χ1n) is 11.3. The molecule has 3 aromatic rings. The third-order valence-corrected chi connectivity index (χ3v) is 6.61. The smallest absolute Gasteiger partial charge is 0.404 e. The first-order valence-corrected chi connectivity index (χ1v) is 11.7. The molecule has 0 aliphatic heterocycles. The lowest BCUT2D eigenvalue weighted by Crippen LogP contribution is -2.48. The minimum absolute atomic E-state index is 0.0208. The number of ether oxygens (including phenoxy) is 2. The molecule has 4 rings (SSSR count). The molecule has 9 heteroatoms. The van der Waals surface area contributed by atoms with Gasteiger partial charge in [-0.15, -0.1) is 0 Å². The summed E-state index contributed by atoms with van der Waals surface area (Å²) in [5.74, 6) is 0.671. The molecule has 1 atom stereocenters. The second-order valence-corrected chi connectivity index (χ2v) is 9.51. The van der Waals surface area contributed by atoms with E-state index in [2.05, 4.69) is 29.1 Å². The highest BCUT2D eigenvalue weighted by molar-refractivity contribution is 6.29. The van der Waals surface area contributed by atoms with E-state index in [0.29, 0.717) is 18.6 Å². The Hall–Kier alpha value is -3.39. The molecule has 1 fully saturated rings. The number of rotatable bonds is 8. The van der Waals surface area contributed by atoms with Crippen LogP contribution in [0.2, 0.25) is 5.15 Å². The van der Waals surface area contributed by atoms with Crippen molar-refractivity contribution in [1.29, 1.82) is 0 Å². The molecular weight excluding hydrogens is 473 g/mol. The van der Waals surface area contributed by atoms with Gasteiger partial charge in [-0.3, -0.25) is 0 Å². The van der Waals surface area contributed by atoms with E-state index in [9.17, 15) is 9.18 Å². The standard InChI is InChI=1S/C26H27ClFN3O4/c1-15(23-22(28)24(27)30-14-29-23)34-19-8-4-16(5-9-19)26(2,3)17-6-10-20(11-7-17)35-21-12-18(13-21)31-25(32)33/h4-11,14-15,18,21,31H,12-13H2,1-3H3,(H,32,33)/t15?,18-,21-. The molecule has 1 aliphatic carbocycles. The van der Waals surface area contributed by atoms with Crippen molar-refractivity contribution in [1.82, 2.24) is 15.3 Å². The molecule has 184 valence electrons. The van der Waals surface area contributed by atoms with Gasteiger partial charge in [0.15, 0.2) is 11.0 Å². The highest BCUT2D eigenvalue weighted by Crippen LogP contribution is 2.35. The predicted octanol–water partition coefficient (Wildman–Crippen LogP) is 5.91. The molecule has 1 heterocycles. The fourth-order valence-corrected chi connectivity index (χ4v) is 4.26. The topological polar surface area (TPSA) is 93.6 Å². The third-order valence-electron chi connectivity index (χ3n) is 6.35. The van der Waals surface area contributed by atoms with Gasteiger partial charge in [0.05, 0.1) is 0 Å². The maximum Gasteiger partial charge on any atom is 0.404 e. The fraction of sp³-hybridized carbons (Fsp3) is 0.346. The molecule has 35 heavy (non-hydrogen) atoms. The average molecular weight is 500 g/mol. The Morgan fingerprint density at radius 1 is 1.09 bits per heavy atom. The van der Waals surface area contributed by atoms with Gasteiger partial charge >= 0.3 is 6.09 Å². The summed E-state index contributed by atoms with van der Waals surface area (Å²) >= 11 is 5.75.